The number of hydrogen-bond donors (Lipinski definition) is 0. The molecule has 90 valence electrons. The lowest BCUT2D eigenvalue weighted by Gasteiger charge is -2.21. The SMILES string of the molecule is O=C1CC=CCN1c1cnn(-c2cccnc2)c1. The van der Waals surface area contributed by atoms with Crippen LogP contribution in [0.2, 0.25) is 0 Å². The third-order valence-corrected chi connectivity index (χ3v) is 2.84. The second-order valence-corrected chi connectivity index (χ2v) is 4.03. The number of rotatable bonds is 2. The van der Waals surface area contributed by atoms with Gasteiger partial charge in [-0.05, 0) is 12.1 Å². The standard InChI is InChI=1S/C13H12N4O/c18-13-5-1-2-7-16(13)12-9-15-17(10-12)11-4-3-6-14-8-11/h1-4,6,8-10H,5,7H2. The van der Waals surface area contributed by atoms with Crippen LogP contribution in [-0.2, 0) is 4.79 Å². The minimum Gasteiger partial charge on any atom is -0.305 e. The molecule has 2 aromatic rings. The van der Waals surface area contributed by atoms with E-state index in [0.29, 0.717) is 13.0 Å². The van der Waals surface area contributed by atoms with Crippen molar-refractivity contribution < 1.29 is 4.79 Å². The molecule has 18 heavy (non-hydrogen) atoms. The molecule has 0 spiro atoms. The van der Waals surface area contributed by atoms with Crippen molar-refractivity contribution >= 4 is 11.6 Å². The van der Waals surface area contributed by atoms with Crippen LogP contribution >= 0.6 is 0 Å². The van der Waals surface area contributed by atoms with Crippen LogP contribution in [0.15, 0.2) is 49.1 Å². The number of carbonyl (C=O) groups excluding carboxylic acids is 1. The topological polar surface area (TPSA) is 51.0 Å². The Bertz CT molecular complexity index is 588. The van der Waals surface area contributed by atoms with E-state index in [4.69, 9.17) is 0 Å². The van der Waals surface area contributed by atoms with Crippen LogP contribution in [0.3, 0.4) is 0 Å². The second-order valence-electron chi connectivity index (χ2n) is 4.03. The number of anilines is 1. The van der Waals surface area contributed by atoms with E-state index in [9.17, 15) is 4.79 Å². The van der Waals surface area contributed by atoms with Crippen LogP contribution in [0, 0.1) is 0 Å². The highest BCUT2D eigenvalue weighted by Crippen LogP contribution is 2.18. The molecule has 3 rings (SSSR count). The maximum Gasteiger partial charge on any atom is 0.231 e. The predicted molar refractivity (Wildman–Crippen MR) is 67.5 cm³/mol. The van der Waals surface area contributed by atoms with E-state index in [1.165, 1.54) is 0 Å². The summed E-state index contributed by atoms with van der Waals surface area (Å²) in [5.41, 5.74) is 1.69. The first kappa shape index (κ1) is 10.7. The Labute approximate surface area is 104 Å². The maximum atomic E-state index is 11.8. The highest BCUT2D eigenvalue weighted by molar-refractivity contribution is 5.95. The zero-order chi connectivity index (χ0) is 12.4. The molecule has 0 saturated heterocycles. The normalized spacial score (nSPS) is 15.1. The third kappa shape index (κ3) is 1.90. The fraction of sp³-hybridized carbons (Fsp3) is 0.154. The summed E-state index contributed by atoms with van der Waals surface area (Å²) in [5, 5.41) is 4.25. The smallest absolute Gasteiger partial charge is 0.231 e. The molecule has 0 unspecified atom stereocenters. The minimum absolute atomic E-state index is 0.100. The highest BCUT2D eigenvalue weighted by Gasteiger charge is 2.17. The lowest BCUT2D eigenvalue weighted by molar-refractivity contribution is -0.117. The molecule has 0 saturated carbocycles. The molecular weight excluding hydrogens is 228 g/mol. The van der Waals surface area contributed by atoms with Crippen molar-refractivity contribution in [2.45, 2.75) is 6.42 Å². The molecule has 5 heteroatoms. The van der Waals surface area contributed by atoms with Crippen molar-refractivity contribution in [2.24, 2.45) is 0 Å². The number of pyridine rings is 1. The van der Waals surface area contributed by atoms with Crippen LogP contribution in [0.1, 0.15) is 6.42 Å². The van der Waals surface area contributed by atoms with Gasteiger partial charge in [-0.3, -0.25) is 9.78 Å². The molecule has 1 aliphatic heterocycles. The number of carbonyl (C=O) groups is 1. The molecule has 5 nitrogen and oxygen atoms in total. The molecule has 0 atom stereocenters. The molecule has 0 radical (unpaired) electrons. The van der Waals surface area contributed by atoms with Gasteiger partial charge in [0.25, 0.3) is 0 Å². The zero-order valence-corrected chi connectivity index (χ0v) is 9.73. The summed E-state index contributed by atoms with van der Waals surface area (Å²) in [4.78, 5) is 17.5. The van der Waals surface area contributed by atoms with E-state index in [1.54, 1.807) is 28.2 Å². The maximum absolute atomic E-state index is 11.8. The molecule has 3 heterocycles. The van der Waals surface area contributed by atoms with Gasteiger partial charge >= 0.3 is 0 Å². The molecule has 0 fully saturated rings. The van der Waals surface area contributed by atoms with Crippen molar-refractivity contribution in [2.75, 3.05) is 11.4 Å². The first-order valence-electron chi connectivity index (χ1n) is 5.75. The van der Waals surface area contributed by atoms with E-state index >= 15 is 0 Å². The average molecular weight is 240 g/mol. The fourth-order valence-corrected chi connectivity index (χ4v) is 1.91. The Balaban J connectivity index is 1.90. The summed E-state index contributed by atoms with van der Waals surface area (Å²) in [6.07, 6.45) is 11.3. The van der Waals surface area contributed by atoms with Gasteiger partial charge in [0.15, 0.2) is 0 Å². The Morgan fingerprint density at radius 1 is 1.17 bits per heavy atom. The van der Waals surface area contributed by atoms with E-state index in [0.717, 1.165) is 11.4 Å². The van der Waals surface area contributed by atoms with Gasteiger partial charge in [-0.2, -0.15) is 5.10 Å². The molecule has 0 bridgehead atoms. The van der Waals surface area contributed by atoms with Crippen molar-refractivity contribution in [3.63, 3.8) is 0 Å². The fourth-order valence-electron chi connectivity index (χ4n) is 1.91. The van der Waals surface area contributed by atoms with Crippen LogP contribution < -0.4 is 4.90 Å². The molecule has 0 aliphatic carbocycles. The molecule has 1 aliphatic rings. The van der Waals surface area contributed by atoms with E-state index in [2.05, 4.69) is 10.1 Å². The summed E-state index contributed by atoms with van der Waals surface area (Å²) in [6.45, 7) is 0.609. The third-order valence-electron chi connectivity index (χ3n) is 2.84. The van der Waals surface area contributed by atoms with Crippen molar-refractivity contribution in [1.82, 2.24) is 14.8 Å². The Morgan fingerprint density at radius 2 is 2.11 bits per heavy atom. The first-order chi connectivity index (χ1) is 8.84. The van der Waals surface area contributed by atoms with Gasteiger partial charge in [-0.1, -0.05) is 12.2 Å². The lowest BCUT2D eigenvalue weighted by Crippen LogP contribution is -2.32. The summed E-state index contributed by atoms with van der Waals surface area (Å²) in [5.74, 6) is 0.100. The highest BCUT2D eigenvalue weighted by atomic mass is 16.2. The summed E-state index contributed by atoms with van der Waals surface area (Å²) in [7, 11) is 0. The molecule has 1 amide bonds. The summed E-state index contributed by atoms with van der Waals surface area (Å²) < 4.78 is 1.72. The van der Waals surface area contributed by atoms with Gasteiger partial charge in [-0.15, -0.1) is 0 Å². The quantitative estimate of drug-likeness (QED) is 0.748. The Kier molecular flexibility index (Phi) is 2.64. The number of aromatic nitrogens is 3. The monoisotopic (exact) mass is 240 g/mol. The van der Waals surface area contributed by atoms with Gasteiger partial charge in [0, 0.05) is 19.2 Å². The Hall–Kier alpha value is -2.43. The van der Waals surface area contributed by atoms with Crippen LogP contribution in [0.25, 0.3) is 5.69 Å². The van der Waals surface area contributed by atoms with Crippen molar-refractivity contribution in [3.05, 3.63) is 49.1 Å². The average Bonchev–Trinajstić information content (AvgIpc) is 2.90. The van der Waals surface area contributed by atoms with Gasteiger partial charge in [-0.25, -0.2) is 4.68 Å². The number of nitrogens with zero attached hydrogens (tertiary/aromatic N) is 4. The van der Waals surface area contributed by atoms with E-state index in [1.807, 2.05) is 30.5 Å². The van der Waals surface area contributed by atoms with Crippen molar-refractivity contribution in [3.8, 4) is 5.69 Å². The number of hydrogen-bond acceptors (Lipinski definition) is 3. The van der Waals surface area contributed by atoms with Crippen LogP contribution in [0.5, 0.6) is 0 Å². The van der Waals surface area contributed by atoms with Crippen molar-refractivity contribution in [1.29, 1.82) is 0 Å². The Morgan fingerprint density at radius 3 is 2.89 bits per heavy atom. The number of amides is 1. The summed E-state index contributed by atoms with van der Waals surface area (Å²) in [6, 6.07) is 3.77. The molecular formula is C13H12N4O. The van der Waals surface area contributed by atoms with Gasteiger partial charge in [0.2, 0.25) is 5.91 Å². The predicted octanol–water partition coefficient (Wildman–Crippen LogP) is 1.56. The summed E-state index contributed by atoms with van der Waals surface area (Å²) >= 11 is 0. The van der Waals surface area contributed by atoms with Crippen LogP contribution in [0.4, 0.5) is 5.69 Å². The molecule has 2 aromatic heterocycles. The minimum atomic E-state index is 0.100. The van der Waals surface area contributed by atoms with Gasteiger partial charge in [0.1, 0.15) is 0 Å². The van der Waals surface area contributed by atoms with E-state index in [-0.39, 0.29) is 5.91 Å². The van der Waals surface area contributed by atoms with Crippen LogP contribution in [-0.4, -0.2) is 27.2 Å². The van der Waals surface area contributed by atoms with E-state index < -0.39 is 0 Å². The second kappa shape index (κ2) is 4.44. The van der Waals surface area contributed by atoms with Gasteiger partial charge < -0.3 is 4.90 Å². The van der Waals surface area contributed by atoms with Gasteiger partial charge in [0.05, 0.1) is 30.0 Å². The molecule has 0 aromatic carbocycles. The lowest BCUT2D eigenvalue weighted by atomic mass is 10.2. The zero-order valence-electron chi connectivity index (χ0n) is 9.73. The molecule has 0 N–H and O–H groups in total. The first-order valence-corrected chi connectivity index (χ1v) is 5.75. The largest absolute Gasteiger partial charge is 0.305 e.